The fraction of sp³-hybridized carbons (Fsp3) is 0.231. The minimum atomic E-state index is -1.43. The highest BCUT2D eigenvalue weighted by molar-refractivity contribution is 8.00. The molecule has 4 N–H and O–H groups in total. The van der Waals surface area contributed by atoms with Gasteiger partial charge in [0.2, 0.25) is 5.91 Å². The first-order chi connectivity index (χ1) is 18.6. The SMILES string of the molecule is CCOC(=O)Cc1csc(NC(=O)C(CC)Sc2cccc(NC(=O)c3ccc(C(=O)O)cc3C(=O)O)c2)n1. The molecule has 0 saturated carbocycles. The molecule has 0 saturated heterocycles. The number of carboxylic acid groups (broad SMARTS) is 2. The Balaban J connectivity index is 1.67. The van der Waals surface area contributed by atoms with Crippen LogP contribution in [0.4, 0.5) is 10.8 Å². The molecule has 3 aromatic rings. The molecule has 204 valence electrons. The van der Waals surface area contributed by atoms with Crippen molar-refractivity contribution in [2.75, 3.05) is 17.2 Å². The van der Waals surface area contributed by atoms with Crippen LogP contribution in [0, 0.1) is 0 Å². The lowest BCUT2D eigenvalue weighted by Gasteiger charge is -2.15. The standard InChI is InChI=1S/C26H25N3O8S2/c1-3-20(23(32)29-26-28-16(13-38-26)12-21(30)37-4-2)39-17-7-5-6-15(11-17)27-22(31)18-9-8-14(24(33)34)10-19(18)25(35)36/h5-11,13,20H,3-4,12H2,1-2H3,(H,27,31)(H,33,34)(H,35,36)(H,28,29,32). The number of rotatable bonds is 12. The smallest absolute Gasteiger partial charge is 0.336 e. The van der Waals surface area contributed by atoms with Gasteiger partial charge in [-0.05, 0) is 49.7 Å². The monoisotopic (exact) mass is 571 g/mol. The molecule has 0 fully saturated rings. The molecule has 13 heteroatoms. The van der Waals surface area contributed by atoms with E-state index in [0.29, 0.717) is 27.8 Å². The van der Waals surface area contributed by atoms with Crippen LogP contribution < -0.4 is 10.6 Å². The Hall–Kier alpha value is -4.23. The molecule has 39 heavy (non-hydrogen) atoms. The summed E-state index contributed by atoms with van der Waals surface area (Å²) in [5, 5.41) is 25.5. The number of hydrogen-bond acceptors (Lipinski definition) is 9. The Kier molecular flexibility index (Phi) is 10.2. The Morgan fingerprint density at radius 3 is 2.44 bits per heavy atom. The summed E-state index contributed by atoms with van der Waals surface area (Å²) in [6.45, 7) is 3.84. The van der Waals surface area contributed by atoms with E-state index in [1.165, 1.54) is 23.1 Å². The van der Waals surface area contributed by atoms with Gasteiger partial charge in [0.1, 0.15) is 0 Å². The lowest BCUT2D eigenvalue weighted by atomic mass is 10.0. The quantitative estimate of drug-likeness (QED) is 0.180. The van der Waals surface area contributed by atoms with E-state index in [1.807, 2.05) is 6.92 Å². The molecule has 3 rings (SSSR count). The molecule has 1 unspecified atom stereocenters. The van der Waals surface area contributed by atoms with Crippen molar-refractivity contribution in [1.82, 2.24) is 4.98 Å². The van der Waals surface area contributed by atoms with Gasteiger partial charge in [-0.1, -0.05) is 13.0 Å². The molecule has 0 aliphatic heterocycles. The van der Waals surface area contributed by atoms with Crippen molar-refractivity contribution in [3.05, 3.63) is 70.2 Å². The van der Waals surface area contributed by atoms with Crippen LogP contribution in [-0.4, -0.2) is 56.8 Å². The number of carboxylic acids is 2. The summed E-state index contributed by atoms with van der Waals surface area (Å²) in [6.07, 6.45) is 0.508. The van der Waals surface area contributed by atoms with Crippen LogP contribution in [0.3, 0.4) is 0 Å². The first-order valence-corrected chi connectivity index (χ1v) is 13.5. The Morgan fingerprint density at radius 2 is 1.77 bits per heavy atom. The van der Waals surface area contributed by atoms with Gasteiger partial charge < -0.3 is 25.6 Å². The fourth-order valence-electron chi connectivity index (χ4n) is 3.38. The number of aromatic nitrogens is 1. The molecule has 1 aromatic heterocycles. The van der Waals surface area contributed by atoms with Crippen molar-refractivity contribution < 1.29 is 38.9 Å². The number of thioether (sulfide) groups is 1. The van der Waals surface area contributed by atoms with Crippen LogP contribution in [0.15, 0.2) is 52.7 Å². The first-order valence-electron chi connectivity index (χ1n) is 11.7. The topological polar surface area (TPSA) is 172 Å². The maximum atomic E-state index is 12.9. The van der Waals surface area contributed by atoms with Gasteiger partial charge in [0.25, 0.3) is 5.91 Å². The van der Waals surface area contributed by atoms with Crippen LogP contribution in [0.1, 0.15) is 57.0 Å². The number of esters is 1. The molecule has 0 radical (unpaired) electrons. The first kappa shape index (κ1) is 29.3. The number of thiazole rings is 1. The van der Waals surface area contributed by atoms with Crippen molar-refractivity contribution in [2.24, 2.45) is 0 Å². The van der Waals surface area contributed by atoms with Crippen LogP contribution in [-0.2, 0) is 20.7 Å². The van der Waals surface area contributed by atoms with E-state index in [4.69, 9.17) is 9.84 Å². The second kappa shape index (κ2) is 13.5. The van der Waals surface area contributed by atoms with Gasteiger partial charge in [0.05, 0.1) is 40.7 Å². The summed E-state index contributed by atoms with van der Waals surface area (Å²) in [6, 6.07) is 9.93. The minimum absolute atomic E-state index is 0.0162. The van der Waals surface area contributed by atoms with E-state index < -0.39 is 34.6 Å². The zero-order valence-corrected chi connectivity index (χ0v) is 22.6. The average molecular weight is 572 g/mol. The molecule has 0 aliphatic carbocycles. The summed E-state index contributed by atoms with van der Waals surface area (Å²) in [7, 11) is 0. The van der Waals surface area contributed by atoms with Crippen LogP contribution >= 0.6 is 23.1 Å². The van der Waals surface area contributed by atoms with Crippen molar-refractivity contribution in [3.8, 4) is 0 Å². The number of carbonyl (C=O) groups excluding carboxylic acids is 3. The summed E-state index contributed by atoms with van der Waals surface area (Å²) >= 11 is 2.47. The number of amides is 2. The summed E-state index contributed by atoms with van der Waals surface area (Å²) in [5.41, 5.74) is -0.0152. The van der Waals surface area contributed by atoms with E-state index in [0.717, 1.165) is 18.2 Å². The second-order valence-electron chi connectivity index (χ2n) is 7.98. The van der Waals surface area contributed by atoms with Gasteiger partial charge in [-0.25, -0.2) is 14.6 Å². The van der Waals surface area contributed by atoms with Crippen molar-refractivity contribution in [3.63, 3.8) is 0 Å². The van der Waals surface area contributed by atoms with Gasteiger partial charge in [-0.2, -0.15) is 0 Å². The zero-order valence-electron chi connectivity index (χ0n) is 20.9. The maximum absolute atomic E-state index is 12.9. The molecule has 2 amide bonds. The Labute approximate surface area is 231 Å². The van der Waals surface area contributed by atoms with E-state index in [2.05, 4.69) is 15.6 Å². The van der Waals surface area contributed by atoms with Crippen molar-refractivity contribution in [2.45, 2.75) is 36.8 Å². The highest BCUT2D eigenvalue weighted by Crippen LogP contribution is 2.29. The molecule has 0 spiro atoms. The Bertz CT molecular complexity index is 1410. The summed E-state index contributed by atoms with van der Waals surface area (Å²) in [4.78, 5) is 65.0. The third-order valence-corrected chi connectivity index (χ3v) is 7.35. The Morgan fingerprint density at radius 1 is 1.00 bits per heavy atom. The van der Waals surface area contributed by atoms with Crippen LogP contribution in [0.2, 0.25) is 0 Å². The van der Waals surface area contributed by atoms with E-state index in [1.54, 1.807) is 36.6 Å². The van der Waals surface area contributed by atoms with Gasteiger partial charge in [-0.15, -0.1) is 23.1 Å². The maximum Gasteiger partial charge on any atom is 0.336 e. The number of benzene rings is 2. The molecule has 0 bridgehead atoms. The predicted molar refractivity (Wildman–Crippen MR) is 146 cm³/mol. The van der Waals surface area contributed by atoms with Crippen molar-refractivity contribution >= 4 is 63.6 Å². The second-order valence-corrected chi connectivity index (χ2v) is 10.1. The van der Waals surface area contributed by atoms with E-state index in [9.17, 15) is 29.1 Å². The minimum Gasteiger partial charge on any atom is -0.478 e. The summed E-state index contributed by atoms with van der Waals surface area (Å²) < 4.78 is 4.91. The molecular weight excluding hydrogens is 546 g/mol. The largest absolute Gasteiger partial charge is 0.478 e. The van der Waals surface area contributed by atoms with Gasteiger partial charge in [-0.3, -0.25) is 14.4 Å². The number of ether oxygens (including phenoxy) is 1. The number of nitrogens with one attached hydrogen (secondary N) is 2. The summed E-state index contributed by atoms with van der Waals surface area (Å²) in [5.74, 6) is -4.14. The highest BCUT2D eigenvalue weighted by Gasteiger charge is 2.22. The molecule has 2 aromatic carbocycles. The van der Waals surface area contributed by atoms with E-state index >= 15 is 0 Å². The molecule has 1 atom stereocenters. The number of aromatic carboxylic acids is 2. The van der Waals surface area contributed by atoms with Crippen LogP contribution in [0.25, 0.3) is 0 Å². The average Bonchev–Trinajstić information content (AvgIpc) is 3.33. The molecule has 1 heterocycles. The zero-order chi connectivity index (χ0) is 28.5. The lowest BCUT2D eigenvalue weighted by molar-refractivity contribution is -0.142. The van der Waals surface area contributed by atoms with E-state index in [-0.39, 0.29) is 30.1 Å². The number of nitrogens with zero attached hydrogens (tertiary/aromatic N) is 1. The fourth-order valence-corrected chi connectivity index (χ4v) is 5.10. The highest BCUT2D eigenvalue weighted by atomic mass is 32.2. The molecular formula is C26H25N3O8S2. The predicted octanol–water partition coefficient (Wildman–Crippen LogP) is 4.41. The number of hydrogen-bond donors (Lipinski definition) is 4. The molecule has 11 nitrogen and oxygen atoms in total. The van der Waals surface area contributed by atoms with Crippen molar-refractivity contribution in [1.29, 1.82) is 0 Å². The van der Waals surface area contributed by atoms with Crippen LogP contribution in [0.5, 0.6) is 0 Å². The van der Waals surface area contributed by atoms with Gasteiger partial charge in [0.15, 0.2) is 5.13 Å². The normalized spacial score (nSPS) is 11.3. The number of carbonyl (C=O) groups is 5. The third kappa shape index (κ3) is 8.12. The van der Waals surface area contributed by atoms with Gasteiger partial charge >= 0.3 is 17.9 Å². The number of anilines is 2. The van der Waals surface area contributed by atoms with Gasteiger partial charge in [0, 0.05) is 16.0 Å². The lowest BCUT2D eigenvalue weighted by Crippen LogP contribution is -2.24. The third-order valence-electron chi connectivity index (χ3n) is 5.19. The molecule has 0 aliphatic rings.